The van der Waals surface area contributed by atoms with Gasteiger partial charge < -0.3 is 40.0 Å². The number of allylic oxidation sites excluding steroid dienone is 1. The minimum atomic E-state index is -0.843. The molecule has 5 aliphatic rings. The Kier molecular flexibility index (Phi) is 11.8. The Morgan fingerprint density at radius 1 is 1.14 bits per heavy atom. The number of amidine groups is 1. The monoisotopic (exact) mass is 796 g/mol. The van der Waals surface area contributed by atoms with Crippen LogP contribution in [0.5, 0.6) is 0 Å². The van der Waals surface area contributed by atoms with E-state index in [1.165, 1.54) is 0 Å². The van der Waals surface area contributed by atoms with Crippen LogP contribution in [0.2, 0.25) is 0 Å². The highest BCUT2D eigenvalue weighted by molar-refractivity contribution is 6.19. The summed E-state index contributed by atoms with van der Waals surface area (Å²) in [6.07, 6.45) is 6.43. The maximum Gasteiger partial charge on any atom is 0.342 e. The van der Waals surface area contributed by atoms with E-state index < -0.39 is 46.6 Å². The number of pyridine rings is 1. The molecular formula is C44H56N6O8. The molecule has 7 rings (SSSR count). The number of rotatable bonds is 15. The van der Waals surface area contributed by atoms with Gasteiger partial charge in [-0.2, -0.15) is 0 Å². The third kappa shape index (κ3) is 7.74. The molecule has 1 saturated heterocycles. The first-order chi connectivity index (χ1) is 27.7. The molecule has 0 radical (unpaired) electrons. The Bertz CT molecular complexity index is 2010. The van der Waals surface area contributed by atoms with Crippen LogP contribution in [0, 0.1) is 22.7 Å². The van der Waals surface area contributed by atoms with Crippen molar-refractivity contribution in [1.29, 1.82) is 0 Å². The number of nitrogens with one attached hydrogen (secondary N) is 2. The first kappa shape index (κ1) is 41.4. The molecule has 58 heavy (non-hydrogen) atoms. The number of benzene rings is 1. The molecule has 4 N–H and O–H groups in total. The van der Waals surface area contributed by atoms with Crippen LogP contribution in [0.3, 0.4) is 0 Å². The third-order valence-electron chi connectivity index (χ3n) is 13.4. The van der Waals surface area contributed by atoms with Crippen molar-refractivity contribution < 1.29 is 38.8 Å². The van der Waals surface area contributed by atoms with Crippen molar-refractivity contribution >= 4 is 46.9 Å². The van der Waals surface area contributed by atoms with E-state index in [0.717, 1.165) is 5.69 Å². The molecule has 1 aromatic heterocycles. The van der Waals surface area contributed by atoms with Gasteiger partial charge in [-0.15, -0.1) is 0 Å². The first-order valence-electron chi connectivity index (χ1n) is 20.3. The summed E-state index contributed by atoms with van der Waals surface area (Å²) in [7, 11) is 3.85. The molecule has 3 aliphatic heterocycles. The highest BCUT2D eigenvalue weighted by Crippen LogP contribution is 2.66. The highest BCUT2D eigenvalue weighted by atomic mass is 16.6. The van der Waals surface area contributed by atoms with Crippen LogP contribution in [-0.2, 0) is 28.6 Å². The van der Waals surface area contributed by atoms with E-state index in [0.29, 0.717) is 61.6 Å². The van der Waals surface area contributed by atoms with E-state index in [2.05, 4.69) is 32.5 Å². The van der Waals surface area contributed by atoms with Crippen molar-refractivity contribution in [1.82, 2.24) is 10.3 Å². The minimum absolute atomic E-state index is 0.0475. The molecule has 4 heterocycles. The summed E-state index contributed by atoms with van der Waals surface area (Å²) >= 11 is 0. The molecule has 1 spiro atoms. The van der Waals surface area contributed by atoms with Crippen molar-refractivity contribution in [3.05, 3.63) is 71.6 Å². The van der Waals surface area contributed by atoms with E-state index in [-0.39, 0.29) is 54.6 Å². The predicted octanol–water partition coefficient (Wildman–Crippen LogP) is 4.13. The number of hydrogen-bond acceptors (Lipinski definition) is 14. The largest absolute Gasteiger partial charge is 0.462 e. The van der Waals surface area contributed by atoms with Crippen LogP contribution >= 0.6 is 0 Å². The zero-order valence-electron chi connectivity index (χ0n) is 34.2. The molecule has 2 saturated carbocycles. The smallest absolute Gasteiger partial charge is 0.342 e. The second-order valence-corrected chi connectivity index (χ2v) is 17.0. The van der Waals surface area contributed by atoms with Gasteiger partial charge >= 0.3 is 11.9 Å². The Balaban J connectivity index is 1.30. The first-order valence-corrected chi connectivity index (χ1v) is 20.3. The zero-order valence-corrected chi connectivity index (χ0v) is 34.2. The Morgan fingerprint density at radius 3 is 2.52 bits per heavy atom. The van der Waals surface area contributed by atoms with Gasteiger partial charge in [0.1, 0.15) is 28.6 Å². The summed E-state index contributed by atoms with van der Waals surface area (Å²) in [5, 5.41) is 29.6. The second-order valence-electron chi connectivity index (χ2n) is 17.0. The van der Waals surface area contributed by atoms with Gasteiger partial charge in [0.2, 0.25) is 0 Å². The van der Waals surface area contributed by atoms with E-state index in [1.54, 1.807) is 37.5 Å². The van der Waals surface area contributed by atoms with E-state index in [4.69, 9.17) is 14.2 Å². The van der Waals surface area contributed by atoms with Crippen molar-refractivity contribution in [2.75, 3.05) is 50.7 Å². The van der Waals surface area contributed by atoms with Crippen LogP contribution in [0.4, 0.5) is 11.5 Å². The fraction of sp³-hybridized carbons (Fsp3) is 0.545. The van der Waals surface area contributed by atoms with Crippen molar-refractivity contribution in [3.8, 4) is 0 Å². The number of nitrogens with zero attached hydrogens (tertiary/aromatic N) is 4. The molecule has 14 nitrogen and oxygen atoms in total. The van der Waals surface area contributed by atoms with Crippen LogP contribution in [-0.4, -0.2) is 115 Å². The lowest BCUT2D eigenvalue weighted by Gasteiger charge is -2.63. The molecule has 310 valence electrons. The maximum atomic E-state index is 14.2. The molecule has 9 atom stereocenters. The molecule has 14 heteroatoms. The average molecular weight is 797 g/mol. The minimum Gasteiger partial charge on any atom is -0.462 e. The van der Waals surface area contributed by atoms with Crippen molar-refractivity contribution in [3.63, 3.8) is 0 Å². The number of esters is 2. The van der Waals surface area contributed by atoms with Crippen LogP contribution < -0.4 is 15.5 Å². The summed E-state index contributed by atoms with van der Waals surface area (Å²) in [5.74, 6) is -0.560. The molecule has 3 fully saturated rings. The van der Waals surface area contributed by atoms with Crippen molar-refractivity contribution in [2.24, 2.45) is 32.7 Å². The normalized spacial score (nSPS) is 31.8. The fourth-order valence-corrected chi connectivity index (χ4v) is 10.0. The number of Topliss-reactive ketones (excluding diaryl/α,β-unsaturated/α-hetero) is 1. The number of ketones is 1. The van der Waals surface area contributed by atoms with Gasteiger partial charge in [0.15, 0.2) is 5.78 Å². The van der Waals surface area contributed by atoms with Crippen LogP contribution in [0.25, 0.3) is 5.57 Å². The average Bonchev–Trinajstić information content (AvgIpc) is 3.64. The van der Waals surface area contributed by atoms with Crippen LogP contribution in [0.15, 0.2) is 76.1 Å². The highest BCUT2D eigenvalue weighted by Gasteiger charge is 2.71. The molecule has 0 amide bonds. The number of carbonyl (C=O) groups is 3. The van der Waals surface area contributed by atoms with E-state index in [1.807, 2.05) is 63.2 Å². The van der Waals surface area contributed by atoms with Gasteiger partial charge in [-0.1, -0.05) is 32.0 Å². The van der Waals surface area contributed by atoms with Gasteiger partial charge in [0, 0.05) is 43.7 Å². The molecule has 1 aromatic carbocycles. The van der Waals surface area contributed by atoms with Crippen LogP contribution in [0.1, 0.15) is 65.4 Å². The number of aliphatic hydroxyl groups is 2. The number of anilines is 2. The van der Waals surface area contributed by atoms with E-state index in [9.17, 15) is 24.6 Å². The lowest BCUT2D eigenvalue weighted by Crippen LogP contribution is -2.67. The second kappa shape index (κ2) is 16.5. The summed E-state index contributed by atoms with van der Waals surface area (Å²) in [6.45, 7) is 8.54. The predicted molar refractivity (Wildman–Crippen MR) is 220 cm³/mol. The Labute approximate surface area is 339 Å². The number of ether oxygens (including phenoxy) is 3. The van der Waals surface area contributed by atoms with Crippen molar-refractivity contribution in [2.45, 2.75) is 89.6 Å². The van der Waals surface area contributed by atoms with Gasteiger partial charge in [-0.25, -0.2) is 19.6 Å². The lowest BCUT2D eigenvalue weighted by atomic mass is 9.43. The molecule has 0 bridgehead atoms. The van der Waals surface area contributed by atoms with Gasteiger partial charge in [0.05, 0.1) is 56.5 Å². The Morgan fingerprint density at radius 2 is 1.90 bits per heavy atom. The standard InChI is InChI=1S/C44H56N6O8/c1-7-56-41(55)39(27-11-13-28(14-12-27)50(5)6)32-20-29(40(54)58-32)30(49-37-10-8-9-17-45-37)21-34-42(3)16-15-36(53)43(4,24-51)33(42)23-35(44(34)25-57-44)48-26(2)31(52)22-38-46-18-19-47-38/h8-14,17-18,20,26,30,33-36,48,51,53H,7,15-16,19,21-25H2,1-6H3,(H,45,49)/b39-32-/t26?,30?,33?,34?,35?,36-,42+,43+,44?/m1/s1. The fourth-order valence-electron chi connectivity index (χ4n) is 10.0. The number of fused-ring (bicyclic) bond motifs is 1. The van der Waals surface area contributed by atoms with Gasteiger partial charge in [0.25, 0.3) is 0 Å². The SMILES string of the molecule is CCOC(=O)/C(=C1/C=C(C(CC2C3(CO3)C(NC(C)C(=O)CC3=NCC=N3)CC3[C@]2(C)CC[C@@H](O)[C@@]3(C)CO)Nc2ccccn2)C(=O)O1)c1ccc(N(C)C)cc1. The number of aliphatic imine (C=N–C) groups is 2. The Hall–Kier alpha value is -4.76. The quantitative estimate of drug-likeness (QED) is 0.115. The summed E-state index contributed by atoms with van der Waals surface area (Å²) in [6, 6.07) is 11.3. The summed E-state index contributed by atoms with van der Waals surface area (Å²) < 4.78 is 18.0. The number of carbonyl (C=O) groups excluding carboxylic acids is 3. The third-order valence-corrected chi connectivity index (χ3v) is 13.4. The summed E-state index contributed by atoms with van der Waals surface area (Å²) in [4.78, 5) is 56.3. The number of aliphatic hydroxyl groups excluding tert-OH is 2. The zero-order chi connectivity index (χ0) is 41.4. The van der Waals surface area contributed by atoms with E-state index >= 15 is 0 Å². The molecule has 2 aromatic rings. The number of hydrogen-bond donors (Lipinski definition) is 4. The lowest BCUT2D eigenvalue weighted by molar-refractivity contribution is -0.184. The number of epoxide rings is 1. The molecular weight excluding hydrogens is 741 g/mol. The van der Waals surface area contributed by atoms with Gasteiger partial charge in [-0.3, -0.25) is 9.79 Å². The summed E-state index contributed by atoms with van der Waals surface area (Å²) in [5.41, 5.74) is -0.121. The maximum absolute atomic E-state index is 14.2. The number of aromatic nitrogens is 1. The number of cyclic esters (lactones) is 1. The van der Waals surface area contributed by atoms with Gasteiger partial charge in [-0.05, 0) is 92.7 Å². The molecule has 6 unspecified atom stereocenters. The molecule has 2 aliphatic carbocycles. The topological polar surface area (TPSA) is 188 Å².